The van der Waals surface area contributed by atoms with Gasteiger partial charge in [0.15, 0.2) is 0 Å². The first-order valence-electron chi connectivity index (χ1n) is 8.50. The first-order chi connectivity index (χ1) is 12.1. The Hall–Kier alpha value is -2.28. The summed E-state index contributed by atoms with van der Waals surface area (Å²) >= 11 is 1.70. The number of pyridine rings is 1. The SMILES string of the molecule is CCc1cc(NC(=O)N2CCN(c3ccsc3)CC2)c(OC)nc1C. The van der Waals surface area contributed by atoms with Gasteiger partial charge in [-0.15, -0.1) is 0 Å². The van der Waals surface area contributed by atoms with E-state index in [0.717, 1.165) is 30.8 Å². The Morgan fingerprint density at radius 1 is 1.36 bits per heavy atom. The maximum Gasteiger partial charge on any atom is 0.322 e. The van der Waals surface area contributed by atoms with Crippen LogP contribution in [0, 0.1) is 6.92 Å². The number of nitrogens with zero attached hydrogens (tertiary/aromatic N) is 3. The molecule has 0 radical (unpaired) electrons. The molecule has 3 heterocycles. The maximum absolute atomic E-state index is 12.6. The van der Waals surface area contributed by atoms with Crippen molar-refractivity contribution in [3.63, 3.8) is 0 Å². The number of amides is 2. The van der Waals surface area contributed by atoms with Gasteiger partial charge in [0.2, 0.25) is 5.88 Å². The van der Waals surface area contributed by atoms with Gasteiger partial charge < -0.3 is 19.9 Å². The molecule has 2 aromatic heterocycles. The van der Waals surface area contributed by atoms with E-state index in [4.69, 9.17) is 4.74 Å². The van der Waals surface area contributed by atoms with E-state index < -0.39 is 0 Å². The molecule has 0 bridgehead atoms. The van der Waals surface area contributed by atoms with Gasteiger partial charge in [0, 0.05) is 42.9 Å². The first-order valence-corrected chi connectivity index (χ1v) is 9.44. The molecule has 3 rings (SSSR count). The molecule has 1 N–H and O–H groups in total. The molecule has 0 aliphatic carbocycles. The van der Waals surface area contributed by atoms with Crippen LogP contribution in [-0.2, 0) is 6.42 Å². The number of hydrogen-bond acceptors (Lipinski definition) is 5. The summed E-state index contributed by atoms with van der Waals surface area (Å²) < 4.78 is 5.33. The second kappa shape index (κ2) is 7.74. The Morgan fingerprint density at radius 2 is 2.12 bits per heavy atom. The minimum absolute atomic E-state index is 0.101. The van der Waals surface area contributed by atoms with E-state index in [1.54, 1.807) is 18.4 Å². The lowest BCUT2D eigenvalue weighted by molar-refractivity contribution is 0.208. The fourth-order valence-electron chi connectivity index (χ4n) is 3.03. The monoisotopic (exact) mass is 360 g/mol. The number of rotatable bonds is 4. The molecule has 0 saturated carbocycles. The molecule has 1 aliphatic rings. The number of methoxy groups -OCH3 is 1. The topological polar surface area (TPSA) is 57.7 Å². The van der Waals surface area contributed by atoms with E-state index in [-0.39, 0.29) is 6.03 Å². The van der Waals surface area contributed by atoms with Gasteiger partial charge in [-0.05, 0) is 36.4 Å². The van der Waals surface area contributed by atoms with Crippen LogP contribution in [-0.4, -0.2) is 49.2 Å². The lowest BCUT2D eigenvalue weighted by Crippen LogP contribution is -2.50. The number of urea groups is 1. The summed E-state index contributed by atoms with van der Waals surface area (Å²) in [5.41, 5.74) is 3.91. The minimum Gasteiger partial charge on any atom is -0.480 e. The number of hydrogen-bond donors (Lipinski definition) is 1. The molecule has 0 spiro atoms. The fourth-order valence-corrected chi connectivity index (χ4v) is 3.69. The first kappa shape index (κ1) is 17.5. The summed E-state index contributed by atoms with van der Waals surface area (Å²) in [6, 6.07) is 3.98. The molecule has 0 atom stereocenters. The van der Waals surface area contributed by atoms with Crippen molar-refractivity contribution in [3.8, 4) is 5.88 Å². The standard InChI is InChI=1S/C18H24N4O2S/c1-4-14-11-16(17(24-3)19-13(14)2)20-18(23)22-8-6-21(7-9-22)15-5-10-25-12-15/h5,10-12H,4,6-9H2,1-3H3,(H,20,23). The maximum atomic E-state index is 12.6. The van der Waals surface area contributed by atoms with E-state index >= 15 is 0 Å². The van der Waals surface area contributed by atoms with Gasteiger partial charge in [0.05, 0.1) is 7.11 Å². The number of aromatic nitrogens is 1. The second-order valence-electron chi connectivity index (χ2n) is 6.03. The molecule has 6 nitrogen and oxygen atoms in total. The third-order valence-electron chi connectivity index (χ3n) is 4.54. The highest BCUT2D eigenvalue weighted by atomic mass is 32.1. The van der Waals surface area contributed by atoms with Crippen LogP contribution < -0.4 is 15.0 Å². The number of ether oxygens (including phenoxy) is 1. The Kier molecular flexibility index (Phi) is 5.43. The van der Waals surface area contributed by atoms with Gasteiger partial charge >= 0.3 is 6.03 Å². The largest absolute Gasteiger partial charge is 0.480 e. The van der Waals surface area contributed by atoms with Gasteiger partial charge in [-0.3, -0.25) is 0 Å². The zero-order chi connectivity index (χ0) is 17.8. The molecule has 25 heavy (non-hydrogen) atoms. The molecule has 0 unspecified atom stereocenters. The highest BCUT2D eigenvalue weighted by Crippen LogP contribution is 2.26. The Bertz CT molecular complexity index is 725. The lowest BCUT2D eigenvalue weighted by atomic mass is 10.1. The Labute approximate surface area is 152 Å². The molecule has 2 aromatic rings. The van der Waals surface area contributed by atoms with Gasteiger partial charge in [0.1, 0.15) is 5.69 Å². The number of thiophene rings is 1. The summed E-state index contributed by atoms with van der Waals surface area (Å²) in [5.74, 6) is 0.458. The zero-order valence-corrected chi connectivity index (χ0v) is 15.7. The van der Waals surface area contributed by atoms with Gasteiger partial charge in [-0.25, -0.2) is 9.78 Å². The predicted molar refractivity (Wildman–Crippen MR) is 102 cm³/mol. The van der Waals surface area contributed by atoms with E-state index in [0.29, 0.717) is 24.7 Å². The van der Waals surface area contributed by atoms with Crippen LogP contribution in [0.2, 0.25) is 0 Å². The molecule has 134 valence electrons. The second-order valence-corrected chi connectivity index (χ2v) is 6.81. The van der Waals surface area contributed by atoms with Crippen LogP contribution in [0.4, 0.5) is 16.2 Å². The number of piperazine rings is 1. The molecule has 1 fully saturated rings. The van der Waals surface area contributed by atoms with Crippen molar-refractivity contribution in [2.24, 2.45) is 0 Å². The zero-order valence-electron chi connectivity index (χ0n) is 14.9. The fraction of sp³-hybridized carbons (Fsp3) is 0.444. The van der Waals surface area contributed by atoms with Crippen molar-refractivity contribution in [2.45, 2.75) is 20.3 Å². The van der Waals surface area contributed by atoms with Crippen molar-refractivity contribution < 1.29 is 9.53 Å². The van der Waals surface area contributed by atoms with Crippen LogP contribution >= 0.6 is 11.3 Å². The average Bonchev–Trinajstić information content (AvgIpc) is 3.17. The van der Waals surface area contributed by atoms with Gasteiger partial charge in [0.25, 0.3) is 0 Å². The van der Waals surface area contributed by atoms with Crippen molar-refractivity contribution in [3.05, 3.63) is 34.2 Å². The molecule has 1 saturated heterocycles. The van der Waals surface area contributed by atoms with Crippen LogP contribution in [0.25, 0.3) is 0 Å². The summed E-state index contributed by atoms with van der Waals surface area (Å²) in [5, 5.41) is 7.19. The summed E-state index contributed by atoms with van der Waals surface area (Å²) in [6.45, 7) is 7.11. The third-order valence-corrected chi connectivity index (χ3v) is 5.21. The molecular formula is C18H24N4O2S. The van der Waals surface area contributed by atoms with Crippen LogP contribution in [0.3, 0.4) is 0 Å². The normalized spacial score (nSPS) is 14.5. The van der Waals surface area contributed by atoms with Gasteiger partial charge in [-0.1, -0.05) is 6.92 Å². The minimum atomic E-state index is -0.101. The number of carbonyl (C=O) groups is 1. The van der Waals surface area contributed by atoms with Crippen LogP contribution in [0.1, 0.15) is 18.2 Å². The predicted octanol–water partition coefficient (Wildman–Crippen LogP) is 3.38. The average molecular weight is 360 g/mol. The highest BCUT2D eigenvalue weighted by molar-refractivity contribution is 7.08. The summed E-state index contributed by atoms with van der Waals surface area (Å²) in [4.78, 5) is 21.2. The number of anilines is 2. The van der Waals surface area contributed by atoms with E-state index in [2.05, 4.69) is 39.0 Å². The molecule has 2 amide bonds. The number of nitrogens with one attached hydrogen (secondary N) is 1. The van der Waals surface area contributed by atoms with Crippen LogP contribution in [0.5, 0.6) is 5.88 Å². The van der Waals surface area contributed by atoms with Crippen molar-refractivity contribution in [1.82, 2.24) is 9.88 Å². The van der Waals surface area contributed by atoms with Crippen molar-refractivity contribution in [2.75, 3.05) is 43.5 Å². The molecule has 0 aromatic carbocycles. The summed E-state index contributed by atoms with van der Waals surface area (Å²) in [6.07, 6.45) is 0.866. The lowest BCUT2D eigenvalue weighted by Gasteiger charge is -2.35. The molecular weight excluding hydrogens is 336 g/mol. The van der Waals surface area contributed by atoms with E-state index in [1.807, 2.05) is 17.9 Å². The summed E-state index contributed by atoms with van der Waals surface area (Å²) in [7, 11) is 1.57. The van der Waals surface area contributed by atoms with E-state index in [9.17, 15) is 4.79 Å². The molecule has 1 aliphatic heterocycles. The number of aryl methyl sites for hydroxylation is 2. The van der Waals surface area contributed by atoms with E-state index in [1.165, 1.54) is 5.69 Å². The molecule has 7 heteroatoms. The van der Waals surface area contributed by atoms with Crippen molar-refractivity contribution >= 4 is 28.7 Å². The van der Waals surface area contributed by atoms with Crippen LogP contribution in [0.15, 0.2) is 22.9 Å². The number of carbonyl (C=O) groups excluding carboxylic acids is 1. The van der Waals surface area contributed by atoms with Crippen molar-refractivity contribution in [1.29, 1.82) is 0 Å². The quantitative estimate of drug-likeness (QED) is 0.908. The Morgan fingerprint density at radius 3 is 2.72 bits per heavy atom. The third kappa shape index (κ3) is 3.87. The smallest absolute Gasteiger partial charge is 0.322 e. The Balaban J connectivity index is 1.65. The van der Waals surface area contributed by atoms with Gasteiger partial charge in [-0.2, -0.15) is 11.3 Å². The highest BCUT2D eigenvalue weighted by Gasteiger charge is 2.22.